The summed E-state index contributed by atoms with van der Waals surface area (Å²) in [4.78, 5) is 13.8. The van der Waals surface area contributed by atoms with E-state index in [0.29, 0.717) is 31.9 Å². The zero-order chi connectivity index (χ0) is 18.7. The predicted molar refractivity (Wildman–Crippen MR) is 89.5 cm³/mol. The van der Waals surface area contributed by atoms with E-state index in [0.717, 1.165) is 12.1 Å². The van der Waals surface area contributed by atoms with Crippen molar-refractivity contribution in [2.75, 3.05) is 31.5 Å². The molecule has 2 N–H and O–H groups in total. The molecule has 0 saturated carbocycles. The van der Waals surface area contributed by atoms with Crippen molar-refractivity contribution >= 4 is 11.8 Å². The fraction of sp³-hybridized carbons (Fsp3) is 0.588. The first-order valence-electron chi connectivity index (χ1n) is 8.17. The third-order valence-electron chi connectivity index (χ3n) is 3.67. The maximum Gasteiger partial charge on any atom is 0.416 e. The molecule has 25 heavy (non-hydrogen) atoms. The van der Waals surface area contributed by atoms with E-state index in [1.807, 2.05) is 20.8 Å². The molecule has 2 rings (SSSR count). The summed E-state index contributed by atoms with van der Waals surface area (Å²) in [6, 6.07) is 4.88. The molecule has 1 unspecified atom stereocenters. The zero-order valence-corrected chi connectivity index (χ0v) is 14.6. The minimum absolute atomic E-state index is 0.0106. The van der Waals surface area contributed by atoms with E-state index in [-0.39, 0.29) is 12.1 Å². The van der Waals surface area contributed by atoms with E-state index >= 15 is 0 Å². The number of hydrogen-bond donors (Lipinski definition) is 2. The molecule has 1 aliphatic rings. The van der Waals surface area contributed by atoms with Crippen molar-refractivity contribution in [1.29, 1.82) is 0 Å². The van der Waals surface area contributed by atoms with Crippen LogP contribution in [0.15, 0.2) is 24.3 Å². The number of ether oxygens (including phenoxy) is 1. The van der Waals surface area contributed by atoms with E-state index < -0.39 is 17.3 Å². The second-order valence-electron chi connectivity index (χ2n) is 7.03. The Morgan fingerprint density at radius 1 is 1.28 bits per heavy atom. The molecule has 0 spiro atoms. The number of carbonyl (C=O) groups is 1. The van der Waals surface area contributed by atoms with Gasteiger partial charge in [0.2, 0.25) is 0 Å². The van der Waals surface area contributed by atoms with Crippen LogP contribution in [0.4, 0.5) is 23.7 Å². The lowest BCUT2D eigenvalue weighted by Gasteiger charge is -2.35. The van der Waals surface area contributed by atoms with Crippen LogP contribution in [0.3, 0.4) is 0 Å². The summed E-state index contributed by atoms with van der Waals surface area (Å²) < 4.78 is 43.0. The normalized spacial score (nSPS) is 18.8. The molecule has 1 saturated heterocycles. The van der Waals surface area contributed by atoms with E-state index in [1.54, 1.807) is 4.90 Å². The topological polar surface area (TPSA) is 53.6 Å². The molecule has 1 amide bonds. The smallest absolute Gasteiger partial charge is 0.416 e. The van der Waals surface area contributed by atoms with Crippen LogP contribution >= 0.6 is 0 Å². The van der Waals surface area contributed by atoms with Gasteiger partial charge in [-0.05, 0) is 45.0 Å². The van der Waals surface area contributed by atoms with E-state index in [9.17, 15) is 18.0 Å². The Labute approximate surface area is 145 Å². The number of nitrogens with zero attached hydrogens (tertiary/aromatic N) is 1. The molecule has 0 radical (unpaired) electrons. The standard InChI is InChI=1S/C17H24F3N3O2/c1-16(2,3)25-15(24)23-9-8-21-14(11-23)10-22-13-6-4-12(5-7-13)17(18,19)20/h4-7,14,21-22H,8-11H2,1-3H3. The summed E-state index contributed by atoms with van der Waals surface area (Å²) in [5.41, 5.74) is -0.621. The highest BCUT2D eigenvalue weighted by Crippen LogP contribution is 2.29. The Bertz CT molecular complexity index is 582. The predicted octanol–water partition coefficient (Wildman–Crippen LogP) is 3.33. The van der Waals surface area contributed by atoms with E-state index in [1.165, 1.54) is 12.1 Å². The fourth-order valence-electron chi connectivity index (χ4n) is 2.47. The highest BCUT2D eigenvalue weighted by Gasteiger charge is 2.30. The van der Waals surface area contributed by atoms with Crippen LogP contribution in [0.1, 0.15) is 26.3 Å². The second kappa shape index (κ2) is 7.51. The minimum Gasteiger partial charge on any atom is -0.444 e. The van der Waals surface area contributed by atoms with Crippen LogP contribution in [-0.2, 0) is 10.9 Å². The van der Waals surface area contributed by atoms with Crippen LogP contribution in [0.25, 0.3) is 0 Å². The van der Waals surface area contributed by atoms with Crippen molar-refractivity contribution in [2.45, 2.75) is 38.6 Å². The van der Waals surface area contributed by atoms with Crippen LogP contribution in [-0.4, -0.2) is 48.8 Å². The van der Waals surface area contributed by atoms with E-state index in [4.69, 9.17) is 4.74 Å². The lowest BCUT2D eigenvalue weighted by atomic mass is 10.1. The van der Waals surface area contributed by atoms with Crippen molar-refractivity contribution in [3.8, 4) is 0 Å². The molecule has 140 valence electrons. The maximum absolute atomic E-state index is 12.6. The molecule has 5 nitrogen and oxygen atoms in total. The first-order valence-corrected chi connectivity index (χ1v) is 8.17. The summed E-state index contributed by atoms with van der Waals surface area (Å²) in [5.74, 6) is 0. The molecule has 1 aromatic rings. The summed E-state index contributed by atoms with van der Waals surface area (Å²) >= 11 is 0. The van der Waals surface area contributed by atoms with E-state index in [2.05, 4.69) is 10.6 Å². The third kappa shape index (κ3) is 6.12. The Kier molecular flexibility index (Phi) is 5.82. The van der Waals surface area contributed by atoms with Gasteiger partial charge in [0.15, 0.2) is 0 Å². The van der Waals surface area contributed by atoms with Crippen LogP contribution < -0.4 is 10.6 Å². The molecular formula is C17H24F3N3O2. The Morgan fingerprint density at radius 3 is 2.48 bits per heavy atom. The van der Waals surface area contributed by atoms with Crippen LogP contribution in [0.2, 0.25) is 0 Å². The summed E-state index contributed by atoms with van der Waals surface area (Å²) in [6.45, 7) is 7.61. The quantitative estimate of drug-likeness (QED) is 0.869. The Morgan fingerprint density at radius 2 is 1.92 bits per heavy atom. The van der Waals surface area contributed by atoms with Gasteiger partial charge >= 0.3 is 12.3 Å². The van der Waals surface area contributed by atoms with Crippen LogP contribution in [0.5, 0.6) is 0 Å². The lowest BCUT2D eigenvalue weighted by Crippen LogP contribution is -2.55. The van der Waals surface area contributed by atoms with Gasteiger partial charge < -0.3 is 20.3 Å². The molecule has 1 fully saturated rings. The third-order valence-corrected chi connectivity index (χ3v) is 3.67. The maximum atomic E-state index is 12.6. The number of nitrogens with one attached hydrogen (secondary N) is 2. The SMILES string of the molecule is CC(C)(C)OC(=O)N1CCNC(CNc2ccc(C(F)(F)F)cc2)C1. The Hall–Kier alpha value is -1.96. The first kappa shape index (κ1) is 19.4. The van der Waals surface area contributed by atoms with Gasteiger partial charge in [-0.3, -0.25) is 0 Å². The first-order chi connectivity index (χ1) is 11.5. The van der Waals surface area contributed by atoms with Crippen molar-refractivity contribution in [2.24, 2.45) is 0 Å². The molecule has 1 aliphatic heterocycles. The number of rotatable bonds is 3. The number of carbonyl (C=O) groups excluding carboxylic acids is 1. The zero-order valence-electron chi connectivity index (χ0n) is 14.6. The molecular weight excluding hydrogens is 335 g/mol. The average molecular weight is 359 g/mol. The van der Waals surface area contributed by atoms with Crippen molar-refractivity contribution in [3.05, 3.63) is 29.8 Å². The number of alkyl halides is 3. The van der Waals surface area contributed by atoms with Crippen LogP contribution in [0, 0.1) is 0 Å². The van der Waals surface area contributed by atoms with Gasteiger partial charge in [0, 0.05) is 37.9 Å². The van der Waals surface area contributed by atoms with Gasteiger partial charge in [-0.15, -0.1) is 0 Å². The summed E-state index contributed by atoms with van der Waals surface area (Å²) in [7, 11) is 0. The highest BCUT2D eigenvalue weighted by atomic mass is 19.4. The van der Waals surface area contributed by atoms with Crippen molar-refractivity contribution < 1.29 is 22.7 Å². The average Bonchev–Trinajstić information content (AvgIpc) is 2.51. The van der Waals surface area contributed by atoms with Gasteiger partial charge in [0.05, 0.1) is 5.56 Å². The number of hydrogen-bond acceptors (Lipinski definition) is 4. The molecule has 8 heteroatoms. The Balaban J connectivity index is 1.85. The largest absolute Gasteiger partial charge is 0.444 e. The number of amides is 1. The number of anilines is 1. The molecule has 0 bridgehead atoms. The summed E-state index contributed by atoms with van der Waals surface area (Å²) in [6.07, 6.45) is -4.69. The second-order valence-corrected chi connectivity index (χ2v) is 7.03. The fourth-order valence-corrected chi connectivity index (χ4v) is 2.47. The molecule has 0 aliphatic carbocycles. The van der Waals surface area contributed by atoms with Crippen molar-refractivity contribution in [1.82, 2.24) is 10.2 Å². The number of halogens is 3. The lowest BCUT2D eigenvalue weighted by molar-refractivity contribution is -0.137. The molecule has 1 atom stereocenters. The molecule has 0 aromatic heterocycles. The van der Waals surface area contributed by atoms with Gasteiger partial charge in [-0.25, -0.2) is 4.79 Å². The molecule has 1 aromatic carbocycles. The van der Waals surface area contributed by atoms with Gasteiger partial charge in [0.25, 0.3) is 0 Å². The number of piperazine rings is 1. The van der Waals surface area contributed by atoms with Crippen molar-refractivity contribution in [3.63, 3.8) is 0 Å². The minimum atomic E-state index is -4.34. The summed E-state index contributed by atoms with van der Waals surface area (Å²) in [5, 5.41) is 6.37. The van der Waals surface area contributed by atoms with Gasteiger partial charge in [-0.2, -0.15) is 13.2 Å². The van der Waals surface area contributed by atoms with Gasteiger partial charge in [-0.1, -0.05) is 0 Å². The van der Waals surface area contributed by atoms with Gasteiger partial charge in [0.1, 0.15) is 5.60 Å². The highest BCUT2D eigenvalue weighted by molar-refractivity contribution is 5.68. The monoisotopic (exact) mass is 359 g/mol. The molecule has 1 heterocycles. The number of benzene rings is 1.